The van der Waals surface area contributed by atoms with Gasteiger partial charge in [-0.25, -0.2) is 4.68 Å². The lowest BCUT2D eigenvalue weighted by atomic mass is 9.85. The summed E-state index contributed by atoms with van der Waals surface area (Å²) in [6.45, 7) is 9.78. The van der Waals surface area contributed by atoms with Crippen LogP contribution < -0.4 is 10.6 Å². The molecule has 6 rings (SSSR count). The van der Waals surface area contributed by atoms with Gasteiger partial charge in [-0.1, -0.05) is 53.6 Å². The van der Waals surface area contributed by atoms with Crippen molar-refractivity contribution in [3.8, 4) is 6.07 Å². The average Bonchev–Trinajstić information content (AvgIpc) is 3.45. The van der Waals surface area contributed by atoms with E-state index in [1.165, 1.54) is 19.3 Å². The molecular formula is C33H39ClN8. The second-order valence-electron chi connectivity index (χ2n) is 12.7. The van der Waals surface area contributed by atoms with E-state index in [0.717, 1.165) is 60.5 Å². The molecule has 2 N–H and O–H groups in total. The highest BCUT2D eigenvalue weighted by molar-refractivity contribution is 6.35. The van der Waals surface area contributed by atoms with E-state index in [9.17, 15) is 5.26 Å². The number of hydrogen-bond acceptors (Lipinski definition) is 7. The number of pyridine rings is 1. The zero-order valence-corrected chi connectivity index (χ0v) is 25.4. The van der Waals surface area contributed by atoms with Crippen molar-refractivity contribution in [2.24, 2.45) is 5.92 Å². The molecule has 0 spiro atoms. The van der Waals surface area contributed by atoms with Gasteiger partial charge in [0, 0.05) is 42.4 Å². The fourth-order valence-corrected chi connectivity index (χ4v) is 6.37. The van der Waals surface area contributed by atoms with Crippen LogP contribution in [0.1, 0.15) is 81.8 Å². The number of hydrogen-bond donors (Lipinski definition) is 2. The number of likely N-dealkylation sites (tertiary alicyclic amines) is 1. The van der Waals surface area contributed by atoms with E-state index in [1.807, 2.05) is 35.0 Å². The maximum Gasteiger partial charge on any atom is 0.109 e. The molecule has 0 radical (unpaired) electrons. The van der Waals surface area contributed by atoms with Crippen LogP contribution in [0.25, 0.3) is 10.9 Å². The standard InChI is InChI=1S/C33H39ClN8/c1-33(2,3)41-14-12-26(13-15-41)42-21-29(39-40-42)31(23-10-5-4-6-11-23)38-25-16-27-30(36-19-22-8-7-9-22)24(18-35)20-37-32(27)28(34)17-25/h4-6,10-11,16-17,20-22,26,31,38H,7-9,12-15,19H2,1-3H3,(H,36,37). The van der Waals surface area contributed by atoms with Gasteiger partial charge in [-0.3, -0.25) is 9.88 Å². The summed E-state index contributed by atoms with van der Waals surface area (Å²) in [7, 11) is 0. The number of benzene rings is 2. The van der Waals surface area contributed by atoms with Crippen LogP contribution in [-0.4, -0.2) is 50.1 Å². The molecule has 1 unspecified atom stereocenters. The summed E-state index contributed by atoms with van der Waals surface area (Å²) in [6.07, 6.45) is 9.52. The van der Waals surface area contributed by atoms with Crippen molar-refractivity contribution in [2.75, 3.05) is 30.3 Å². The molecule has 2 aromatic carbocycles. The lowest BCUT2D eigenvalue weighted by Gasteiger charge is -2.40. The minimum Gasteiger partial charge on any atom is -0.383 e. The van der Waals surface area contributed by atoms with E-state index >= 15 is 0 Å². The van der Waals surface area contributed by atoms with E-state index in [0.29, 0.717) is 28.1 Å². The number of aromatic nitrogens is 4. The Morgan fingerprint density at radius 2 is 1.86 bits per heavy atom. The first-order valence-electron chi connectivity index (χ1n) is 15.0. The van der Waals surface area contributed by atoms with Crippen molar-refractivity contribution in [2.45, 2.75) is 70.5 Å². The Morgan fingerprint density at radius 3 is 2.52 bits per heavy atom. The quantitative estimate of drug-likeness (QED) is 0.227. The van der Waals surface area contributed by atoms with Crippen LogP contribution in [0.4, 0.5) is 11.4 Å². The maximum absolute atomic E-state index is 9.86. The molecule has 0 amide bonds. The van der Waals surface area contributed by atoms with Crippen molar-refractivity contribution >= 4 is 33.9 Å². The van der Waals surface area contributed by atoms with Gasteiger partial charge >= 0.3 is 0 Å². The van der Waals surface area contributed by atoms with E-state index < -0.39 is 0 Å². The van der Waals surface area contributed by atoms with E-state index in [2.05, 4.69) is 76.0 Å². The number of anilines is 2. The predicted molar refractivity (Wildman–Crippen MR) is 169 cm³/mol. The molecule has 4 aromatic rings. The van der Waals surface area contributed by atoms with Crippen LogP contribution in [0.15, 0.2) is 54.9 Å². The highest BCUT2D eigenvalue weighted by Gasteiger charge is 2.29. The molecule has 1 saturated heterocycles. The van der Waals surface area contributed by atoms with Crippen molar-refractivity contribution < 1.29 is 0 Å². The summed E-state index contributed by atoms with van der Waals surface area (Å²) in [6, 6.07) is 16.6. The van der Waals surface area contributed by atoms with Crippen molar-refractivity contribution in [3.05, 3.63) is 76.7 Å². The smallest absolute Gasteiger partial charge is 0.109 e. The minimum absolute atomic E-state index is 0.179. The van der Waals surface area contributed by atoms with Crippen LogP contribution in [0.5, 0.6) is 0 Å². The first-order valence-corrected chi connectivity index (χ1v) is 15.4. The fraction of sp³-hybridized carbons (Fsp3) is 0.455. The van der Waals surface area contributed by atoms with Gasteiger partial charge in [0.25, 0.3) is 0 Å². The number of nitrogens with one attached hydrogen (secondary N) is 2. The van der Waals surface area contributed by atoms with Crippen molar-refractivity contribution in [1.29, 1.82) is 5.26 Å². The molecule has 2 fully saturated rings. The molecule has 2 aliphatic rings. The van der Waals surface area contributed by atoms with Gasteiger partial charge in [0.05, 0.1) is 40.1 Å². The highest BCUT2D eigenvalue weighted by atomic mass is 35.5. The first kappa shape index (κ1) is 28.4. The van der Waals surface area contributed by atoms with Crippen LogP contribution in [0.2, 0.25) is 5.02 Å². The van der Waals surface area contributed by atoms with Crippen LogP contribution in [0, 0.1) is 17.2 Å². The molecule has 1 atom stereocenters. The Labute approximate surface area is 253 Å². The number of piperidine rings is 1. The highest BCUT2D eigenvalue weighted by Crippen LogP contribution is 2.37. The van der Waals surface area contributed by atoms with Crippen LogP contribution in [0.3, 0.4) is 0 Å². The number of nitrogens with zero attached hydrogens (tertiary/aromatic N) is 6. The van der Waals surface area contributed by atoms with E-state index in [-0.39, 0.29) is 11.6 Å². The number of fused-ring (bicyclic) bond motifs is 1. The zero-order valence-electron chi connectivity index (χ0n) is 24.6. The Hall–Kier alpha value is -3.67. The summed E-state index contributed by atoms with van der Waals surface area (Å²) in [4.78, 5) is 7.08. The third-order valence-corrected chi connectivity index (χ3v) is 9.18. The summed E-state index contributed by atoms with van der Waals surface area (Å²) in [5, 5.41) is 27.7. The van der Waals surface area contributed by atoms with Gasteiger partial charge < -0.3 is 10.6 Å². The first-order chi connectivity index (χ1) is 20.3. The molecule has 1 saturated carbocycles. The second kappa shape index (κ2) is 11.9. The third kappa shape index (κ3) is 5.95. The number of nitriles is 1. The maximum atomic E-state index is 9.86. The van der Waals surface area contributed by atoms with Gasteiger partial charge in [0.1, 0.15) is 11.8 Å². The van der Waals surface area contributed by atoms with Gasteiger partial charge in [-0.05, 0) is 70.1 Å². The predicted octanol–water partition coefficient (Wildman–Crippen LogP) is 7.20. The molecule has 2 aromatic heterocycles. The van der Waals surface area contributed by atoms with Crippen LogP contribution in [-0.2, 0) is 0 Å². The Kier molecular flexibility index (Phi) is 8.06. The summed E-state index contributed by atoms with van der Waals surface area (Å²) >= 11 is 6.81. The lowest BCUT2D eigenvalue weighted by Crippen LogP contribution is -2.46. The molecule has 1 aliphatic heterocycles. The molecule has 3 heterocycles. The minimum atomic E-state index is -0.235. The van der Waals surface area contributed by atoms with Crippen LogP contribution >= 0.6 is 11.6 Å². The van der Waals surface area contributed by atoms with Crippen molar-refractivity contribution in [1.82, 2.24) is 24.9 Å². The van der Waals surface area contributed by atoms with Gasteiger partial charge in [0.15, 0.2) is 0 Å². The average molecular weight is 583 g/mol. The molecule has 0 bridgehead atoms. The van der Waals surface area contributed by atoms with Crippen molar-refractivity contribution in [3.63, 3.8) is 0 Å². The topological polar surface area (TPSA) is 94.7 Å². The monoisotopic (exact) mass is 582 g/mol. The fourth-order valence-electron chi connectivity index (χ4n) is 6.10. The summed E-state index contributed by atoms with van der Waals surface area (Å²) < 4.78 is 2.05. The third-order valence-electron chi connectivity index (χ3n) is 8.89. The Morgan fingerprint density at radius 1 is 1.10 bits per heavy atom. The molecule has 1 aliphatic carbocycles. The molecule has 218 valence electrons. The zero-order chi connectivity index (χ0) is 29.3. The molecular weight excluding hydrogens is 544 g/mol. The van der Waals surface area contributed by atoms with Gasteiger partial charge in [0.2, 0.25) is 0 Å². The largest absolute Gasteiger partial charge is 0.383 e. The van der Waals surface area contributed by atoms with E-state index in [1.54, 1.807) is 6.20 Å². The molecule has 8 nitrogen and oxygen atoms in total. The normalized spacial score (nSPS) is 17.5. The number of halogens is 1. The summed E-state index contributed by atoms with van der Waals surface area (Å²) in [5.41, 5.74) is 4.94. The second-order valence-corrected chi connectivity index (χ2v) is 13.1. The lowest BCUT2D eigenvalue weighted by molar-refractivity contribution is 0.0866. The Balaban J connectivity index is 1.31. The molecule has 42 heavy (non-hydrogen) atoms. The number of rotatable bonds is 8. The van der Waals surface area contributed by atoms with E-state index in [4.69, 9.17) is 11.6 Å². The Bertz CT molecular complexity index is 1570. The molecule has 9 heteroatoms. The van der Waals surface area contributed by atoms with Gasteiger partial charge in [-0.2, -0.15) is 5.26 Å². The van der Waals surface area contributed by atoms with Gasteiger partial charge in [-0.15, -0.1) is 5.10 Å². The SMILES string of the molecule is CC(C)(C)N1CCC(n2cc(C(Nc3cc(Cl)c4ncc(C#N)c(NCC5CCC5)c4c3)c3ccccc3)nn2)CC1. The summed E-state index contributed by atoms with van der Waals surface area (Å²) in [5.74, 6) is 0.641.